The van der Waals surface area contributed by atoms with Crippen LogP contribution in [0, 0.1) is 0 Å². The number of benzene rings is 1. The van der Waals surface area contributed by atoms with E-state index in [0.29, 0.717) is 34.7 Å². The molecule has 11 nitrogen and oxygen atoms in total. The lowest BCUT2D eigenvalue weighted by Crippen LogP contribution is -2.49. The first kappa shape index (κ1) is 25.9. The summed E-state index contributed by atoms with van der Waals surface area (Å²) in [5, 5.41) is 7.10. The van der Waals surface area contributed by atoms with Gasteiger partial charge in [0, 0.05) is 71.5 Å². The number of nitrogens with zero attached hydrogens (tertiary/aromatic N) is 7. The van der Waals surface area contributed by atoms with E-state index in [1.165, 1.54) is 11.9 Å². The molecule has 0 bridgehead atoms. The maximum atomic E-state index is 13.3. The number of aromatic nitrogens is 5. The predicted octanol–water partition coefficient (Wildman–Crippen LogP) is 3.46. The van der Waals surface area contributed by atoms with E-state index in [-0.39, 0.29) is 11.6 Å². The standard InChI is InChI=1S/C26H33N9O2S/c1-17(2)34-25(36)21-15-28-26(29-19-9-11-20(12-10-19)33-14-13-27-18(3)16-33)31-24(21)35(34)23-8-6-7-22(30-23)32-38(4,5)37/h6-12,15,17-18,27H,13-14,16H2,1-5H3,(H,28,29,31). The van der Waals surface area contributed by atoms with Gasteiger partial charge in [0.1, 0.15) is 5.39 Å². The molecule has 4 aromatic rings. The zero-order valence-electron chi connectivity index (χ0n) is 22.3. The van der Waals surface area contributed by atoms with Crippen LogP contribution in [0.4, 0.5) is 23.1 Å². The average molecular weight is 536 g/mol. The predicted molar refractivity (Wildman–Crippen MR) is 153 cm³/mol. The molecule has 5 rings (SSSR count). The fraction of sp³-hybridized carbons (Fsp3) is 0.385. The summed E-state index contributed by atoms with van der Waals surface area (Å²) in [6.45, 7) is 8.93. The Morgan fingerprint density at radius 1 is 1.13 bits per heavy atom. The summed E-state index contributed by atoms with van der Waals surface area (Å²) < 4.78 is 19.7. The number of fused-ring (bicyclic) bond motifs is 1. The number of pyridine rings is 1. The summed E-state index contributed by atoms with van der Waals surface area (Å²) in [6, 6.07) is 13.7. The van der Waals surface area contributed by atoms with Crippen LogP contribution in [0.15, 0.2) is 57.8 Å². The van der Waals surface area contributed by atoms with Crippen molar-refractivity contribution in [3.8, 4) is 5.82 Å². The van der Waals surface area contributed by atoms with E-state index in [1.807, 2.05) is 26.0 Å². The quantitative estimate of drug-likeness (QED) is 0.385. The molecule has 1 atom stereocenters. The minimum absolute atomic E-state index is 0.169. The third-order valence-electron chi connectivity index (χ3n) is 6.22. The van der Waals surface area contributed by atoms with Crippen LogP contribution in [0.2, 0.25) is 0 Å². The first-order valence-corrected chi connectivity index (χ1v) is 14.9. The maximum absolute atomic E-state index is 13.3. The van der Waals surface area contributed by atoms with E-state index in [4.69, 9.17) is 4.98 Å². The SMILES string of the molecule is CC1CN(c2ccc(Nc3ncc4c(=O)n(C(C)C)n(-c5cccc(N=S(C)(C)=O)n5)c4n3)cc2)CCN1. The van der Waals surface area contributed by atoms with Gasteiger partial charge in [0.05, 0.1) is 0 Å². The van der Waals surface area contributed by atoms with Crippen molar-refractivity contribution >= 4 is 43.9 Å². The Balaban J connectivity index is 1.52. The van der Waals surface area contributed by atoms with Gasteiger partial charge in [0.15, 0.2) is 17.3 Å². The Kier molecular flexibility index (Phi) is 6.93. The van der Waals surface area contributed by atoms with Crippen LogP contribution in [0.3, 0.4) is 0 Å². The van der Waals surface area contributed by atoms with E-state index in [2.05, 4.69) is 48.9 Å². The van der Waals surface area contributed by atoms with Crippen molar-refractivity contribution in [2.24, 2.45) is 4.36 Å². The highest BCUT2D eigenvalue weighted by Crippen LogP contribution is 2.24. The molecule has 38 heavy (non-hydrogen) atoms. The highest BCUT2D eigenvalue weighted by atomic mass is 32.2. The van der Waals surface area contributed by atoms with Crippen molar-refractivity contribution in [2.75, 3.05) is 42.4 Å². The molecule has 3 aromatic heterocycles. The van der Waals surface area contributed by atoms with Crippen molar-refractivity contribution in [1.29, 1.82) is 0 Å². The highest BCUT2D eigenvalue weighted by Gasteiger charge is 2.21. The lowest BCUT2D eigenvalue weighted by molar-refractivity contribution is 0.472. The van der Waals surface area contributed by atoms with Gasteiger partial charge in [0.25, 0.3) is 5.56 Å². The minimum atomic E-state index is -2.40. The summed E-state index contributed by atoms with van der Waals surface area (Å²) in [7, 11) is -2.40. The van der Waals surface area contributed by atoms with Crippen LogP contribution < -0.4 is 21.1 Å². The van der Waals surface area contributed by atoms with Crippen LogP contribution in [-0.4, -0.2) is 66.7 Å². The molecule has 0 amide bonds. The summed E-state index contributed by atoms with van der Waals surface area (Å²) in [5.74, 6) is 1.14. The van der Waals surface area contributed by atoms with Crippen LogP contribution in [0.1, 0.15) is 26.8 Å². The summed E-state index contributed by atoms with van der Waals surface area (Å²) in [4.78, 5) is 29.4. The molecular formula is C26H33N9O2S. The second-order valence-electron chi connectivity index (χ2n) is 10.1. The Labute approximate surface area is 222 Å². The first-order chi connectivity index (χ1) is 18.1. The number of hydrogen-bond acceptors (Lipinski definition) is 9. The first-order valence-electron chi connectivity index (χ1n) is 12.6. The fourth-order valence-electron chi connectivity index (χ4n) is 4.60. The Hall–Kier alpha value is -3.77. The molecule has 200 valence electrons. The Morgan fingerprint density at radius 3 is 2.58 bits per heavy atom. The lowest BCUT2D eigenvalue weighted by atomic mass is 10.2. The van der Waals surface area contributed by atoms with Gasteiger partial charge in [0.2, 0.25) is 5.95 Å². The van der Waals surface area contributed by atoms with Crippen molar-refractivity contribution in [3.63, 3.8) is 0 Å². The molecule has 2 N–H and O–H groups in total. The minimum Gasteiger partial charge on any atom is -0.369 e. The summed E-state index contributed by atoms with van der Waals surface area (Å²) in [5.41, 5.74) is 2.22. The molecule has 1 aliphatic heterocycles. The molecular weight excluding hydrogens is 502 g/mol. The molecule has 12 heteroatoms. The number of rotatable bonds is 6. The third-order valence-corrected chi connectivity index (χ3v) is 6.85. The van der Waals surface area contributed by atoms with Gasteiger partial charge >= 0.3 is 0 Å². The van der Waals surface area contributed by atoms with Crippen molar-refractivity contribution < 1.29 is 4.21 Å². The molecule has 1 aromatic carbocycles. The monoisotopic (exact) mass is 535 g/mol. The smallest absolute Gasteiger partial charge is 0.278 e. The topological polar surface area (TPSA) is 122 Å². The molecule has 4 heterocycles. The largest absolute Gasteiger partial charge is 0.369 e. The number of piperazine rings is 1. The molecule has 0 saturated carbocycles. The van der Waals surface area contributed by atoms with Gasteiger partial charge in [-0.3, -0.25) is 4.79 Å². The number of anilines is 3. The lowest BCUT2D eigenvalue weighted by Gasteiger charge is -2.33. The van der Waals surface area contributed by atoms with E-state index >= 15 is 0 Å². The molecule has 0 radical (unpaired) electrons. The summed E-state index contributed by atoms with van der Waals surface area (Å²) in [6.07, 6.45) is 4.65. The van der Waals surface area contributed by atoms with Crippen LogP contribution >= 0.6 is 0 Å². The summed E-state index contributed by atoms with van der Waals surface area (Å²) >= 11 is 0. The molecule has 1 fully saturated rings. The molecule has 1 unspecified atom stereocenters. The van der Waals surface area contributed by atoms with Crippen molar-refractivity contribution in [2.45, 2.75) is 32.9 Å². The van der Waals surface area contributed by atoms with Gasteiger partial charge in [-0.25, -0.2) is 23.5 Å². The normalized spacial score (nSPS) is 16.3. The zero-order valence-corrected chi connectivity index (χ0v) is 23.1. The van der Waals surface area contributed by atoms with Gasteiger partial charge in [-0.15, -0.1) is 0 Å². The van der Waals surface area contributed by atoms with Gasteiger partial charge in [-0.2, -0.15) is 9.35 Å². The Bertz CT molecular complexity index is 1640. The average Bonchev–Trinajstić information content (AvgIpc) is 3.15. The van der Waals surface area contributed by atoms with E-state index in [1.54, 1.807) is 40.1 Å². The van der Waals surface area contributed by atoms with Crippen molar-refractivity contribution in [1.82, 2.24) is 29.6 Å². The van der Waals surface area contributed by atoms with E-state index in [0.717, 1.165) is 25.3 Å². The van der Waals surface area contributed by atoms with Gasteiger partial charge < -0.3 is 15.5 Å². The second kappa shape index (κ2) is 10.2. The molecule has 0 spiro atoms. The highest BCUT2D eigenvalue weighted by molar-refractivity contribution is 7.92. The maximum Gasteiger partial charge on any atom is 0.278 e. The molecule has 1 saturated heterocycles. The van der Waals surface area contributed by atoms with Crippen LogP contribution in [0.25, 0.3) is 16.9 Å². The number of hydrogen-bond donors (Lipinski definition) is 2. The molecule has 0 aliphatic carbocycles. The fourth-order valence-corrected chi connectivity index (χ4v) is 5.16. The zero-order chi connectivity index (χ0) is 27.0. The van der Waals surface area contributed by atoms with E-state index < -0.39 is 9.73 Å². The number of nitrogens with one attached hydrogen (secondary N) is 2. The van der Waals surface area contributed by atoms with Crippen LogP contribution in [0.5, 0.6) is 0 Å². The van der Waals surface area contributed by atoms with Gasteiger partial charge in [-0.1, -0.05) is 6.07 Å². The second-order valence-corrected chi connectivity index (χ2v) is 12.6. The van der Waals surface area contributed by atoms with Gasteiger partial charge in [-0.05, 0) is 57.2 Å². The van der Waals surface area contributed by atoms with Crippen molar-refractivity contribution in [3.05, 3.63) is 59.0 Å². The molecule has 1 aliphatic rings. The van der Waals surface area contributed by atoms with E-state index in [9.17, 15) is 9.00 Å². The third kappa shape index (κ3) is 5.41. The van der Waals surface area contributed by atoms with Crippen LogP contribution in [-0.2, 0) is 9.73 Å². The Morgan fingerprint density at radius 2 is 1.89 bits per heavy atom.